The third-order valence-electron chi connectivity index (χ3n) is 6.58. The number of amides is 2. The Morgan fingerprint density at radius 2 is 1.73 bits per heavy atom. The van der Waals surface area contributed by atoms with E-state index in [0.29, 0.717) is 23.1 Å². The van der Waals surface area contributed by atoms with Crippen molar-refractivity contribution >= 4 is 34.4 Å². The van der Waals surface area contributed by atoms with Gasteiger partial charge in [-0.05, 0) is 53.8 Å². The molecule has 0 atom stereocenters. The summed E-state index contributed by atoms with van der Waals surface area (Å²) in [4.78, 5) is 35.5. The SMILES string of the molecule is CC(C)c1ccccc1N1C(=O)CSC1=NC(=O)CCc1ccc(-c2ncn(-c3ccc(C(F)(F)F)cc3)n2)cc1. The Morgan fingerprint density at radius 1 is 1.02 bits per heavy atom. The fourth-order valence-corrected chi connectivity index (χ4v) is 5.30. The Kier molecular flexibility index (Phi) is 8.07. The number of halogens is 3. The number of amidine groups is 1. The molecule has 41 heavy (non-hydrogen) atoms. The second-order valence-electron chi connectivity index (χ2n) is 9.77. The second kappa shape index (κ2) is 11.7. The maximum atomic E-state index is 12.8. The van der Waals surface area contributed by atoms with Gasteiger partial charge in [-0.2, -0.15) is 18.2 Å². The van der Waals surface area contributed by atoms with Gasteiger partial charge < -0.3 is 0 Å². The van der Waals surface area contributed by atoms with Crippen LogP contribution in [0.3, 0.4) is 0 Å². The van der Waals surface area contributed by atoms with Crippen LogP contribution in [-0.2, 0) is 22.2 Å². The first-order valence-corrected chi connectivity index (χ1v) is 13.9. The molecule has 3 aromatic carbocycles. The van der Waals surface area contributed by atoms with Crippen LogP contribution in [0.25, 0.3) is 17.1 Å². The minimum Gasteiger partial charge on any atom is -0.273 e. The van der Waals surface area contributed by atoms with Crippen molar-refractivity contribution in [2.24, 2.45) is 4.99 Å². The van der Waals surface area contributed by atoms with Gasteiger partial charge in [0.2, 0.25) is 11.8 Å². The van der Waals surface area contributed by atoms with Crippen LogP contribution in [0.4, 0.5) is 18.9 Å². The van der Waals surface area contributed by atoms with E-state index < -0.39 is 11.7 Å². The van der Waals surface area contributed by atoms with Crippen molar-refractivity contribution in [3.8, 4) is 17.1 Å². The van der Waals surface area contributed by atoms with E-state index in [9.17, 15) is 22.8 Å². The van der Waals surface area contributed by atoms with E-state index in [4.69, 9.17) is 0 Å². The Bertz CT molecular complexity index is 1600. The number of para-hydroxylation sites is 1. The summed E-state index contributed by atoms with van der Waals surface area (Å²) in [6.07, 6.45) is -2.32. The molecule has 1 aromatic heterocycles. The molecule has 0 aliphatic carbocycles. The lowest BCUT2D eigenvalue weighted by atomic mass is 10.0. The first-order chi connectivity index (χ1) is 19.6. The largest absolute Gasteiger partial charge is 0.416 e. The molecule has 0 unspecified atom stereocenters. The fourth-order valence-electron chi connectivity index (χ4n) is 4.42. The zero-order chi connectivity index (χ0) is 29.1. The Balaban J connectivity index is 1.22. The molecule has 2 heterocycles. The quantitative estimate of drug-likeness (QED) is 0.245. The normalized spacial score (nSPS) is 14.8. The molecule has 0 spiro atoms. The first-order valence-electron chi connectivity index (χ1n) is 12.9. The molecule has 2 amide bonds. The van der Waals surface area contributed by atoms with E-state index in [0.717, 1.165) is 34.5 Å². The number of anilines is 1. The van der Waals surface area contributed by atoms with Crippen LogP contribution in [0.15, 0.2) is 84.1 Å². The molecule has 1 fully saturated rings. The van der Waals surface area contributed by atoms with Gasteiger partial charge in [0.15, 0.2) is 11.0 Å². The lowest BCUT2D eigenvalue weighted by Gasteiger charge is -2.21. The maximum absolute atomic E-state index is 12.8. The number of alkyl halides is 3. The molecular weight excluding hydrogens is 551 g/mol. The van der Waals surface area contributed by atoms with Crippen LogP contribution in [0.2, 0.25) is 0 Å². The fraction of sp³-hybridized carbons (Fsp3) is 0.233. The van der Waals surface area contributed by atoms with Crippen LogP contribution in [0.5, 0.6) is 0 Å². The zero-order valence-corrected chi connectivity index (χ0v) is 23.1. The number of rotatable bonds is 7. The van der Waals surface area contributed by atoms with Crippen LogP contribution in [0.1, 0.15) is 42.9 Å². The minimum atomic E-state index is -4.40. The lowest BCUT2D eigenvalue weighted by Crippen LogP contribution is -2.31. The highest BCUT2D eigenvalue weighted by Crippen LogP contribution is 2.33. The topological polar surface area (TPSA) is 80.5 Å². The molecule has 7 nitrogen and oxygen atoms in total. The van der Waals surface area contributed by atoms with Gasteiger partial charge in [-0.1, -0.05) is 68.1 Å². The molecule has 0 saturated carbocycles. The number of hydrogen-bond acceptors (Lipinski definition) is 5. The summed E-state index contributed by atoms with van der Waals surface area (Å²) in [6.45, 7) is 4.11. The number of benzene rings is 3. The molecule has 11 heteroatoms. The number of aromatic nitrogens is 3. The summed E-state index contributed by atoms with van der Waals surface area (Å²) in [5.74, 6) is 0.458. The van der Waals surface area contributed by atoms with Gasteiger partial charge in [0, 0.05) is 12.0 Å². The Morgan fingerprint density at radius 3 is 2.41 bits per heavy atom. The molecule has 0 radical (unpaired) electrons. The Hall–Kier alpha value is -4.25. The summed E-state index contributed by atoms with van der Waals surface area (Å²) in [5, 5.41) is 4.78. The van der Waals surface area contributed by atoms with E-state index >= 15 is 0 Å². The highest BCUT2D eigenvalue weighted by atomic mass is 32.2. The third kappa shape index (κ3) is 6.40. The van der Waals surface area contributed by atoms with E-state index in [-0.39, 0.29) is 29.9 Å². The zero-order valence-electron chi connectivity index (χ0n) is 22.3. The predicted molar refractivity (Wildman–Crippen MR) is 153 cm³/mol. The lowest BCUT2D eigenvalue weighted by molar-refractivity contribution is -0.137. The van der Waals surface area contributed by atoms with Gasteiger partial charge in [-0.25, -0.2) is 9.67 Å². The van der Waals surface area contributed by atoms with Gasteiger partial charge >= 0.3 is 6.18 Å². The van der Waals surface area contributed by atoms with E-state index in [1.54, 1.807) is 4.90 Å². The van der Waals surface area contributed by atoms with E-state index in [1.165, 1.54) is 34.9 Å². The van der Waals surface area contributed by atoms with Crippen molar-refractivity contribution in [3.63, 3.8) is 0 Å². The molecule has 0 N–H and O–H groups in total. The molecule has 0 bridgehead atoms. The standard InChI is InChI=1S/C30H26F3N5O2S/c1-19(2)24-5-3-4-6-25(24)38-27(40)17-41-29(38)35-26(39)16-9-20-7-10-21(11-8-20)28-34-18-37(36-28)23-14-12-22(13-15-23)30(31,32)33/h3-8,10-15,18-19H,9,16-17H2,1-2H3. The molecule has 1 aliphatic rings. The number of hydrogen-bond donors (Lipinski definition) is 0. The van der Waals surface area contributed by atoms with Gasteiger partial charge in [-0.3, -0.25) is 14.5 Å². The minimum absolute atomic E-state index is 0.0976. The predicted octanol–water partition coefficient (Wildman–Crippen LogP) is 6.67. The molecule has 210 valence electrons. The first kappa shape index (κ1) is 28.3. The summed E-state index contributed by atoms with van der Waals surface area (Å²) in [5.41, 5.74) is 3.15. The molecule has 5 rings (SSSR count). The van der Waals surface area contributed by atoms with Gasteiger partial charge in [-0.15, -0.1) is 5.10 Å². The summed E-state index contributed by atoms with van der Waals surface area (Å²) in [7, 11) is 0. The van der Waals surface area contributed by atoms with E-state index in [1.807, 2.05) is 48.5 Å². The smallest absolute Gasteiger partial charge is 0.273 e. The van der Waals surface area contributed by atoms with Crippen LogP contribution in [0, 0.1) is 0 Å². The number of carbonyl (C=O) groups excluding carboxylic acids is 2. The molecular formula is C30H26F3N5O2S. The van der Waals surface area contributed by atoms with Crippen molar-refractivity contribution in [1.82, 2.24) is 14.8 Å². The molecule has 1 aliphatic heterocycles. The maximum Gasteiger partial charge on any atom is 0.416 e. The Labute approximate surface area is 239 Å². The summed E-state index contributed by atoms with van der Waals surface area (Å²) in [6, 6.07) is 19.7. The summed E-state index contributed by atoms with van der Waals surface area (Å²) < 4.78 is 39.9. The third-order valence-corrected chi connectivity index (χ3v) is 7.50. The number of carbonyl (C=O) groups is 2. The van der Waals surface area contributed by atoms with Crippen molar-refractivity contribution in [1.29, 1.82) is 0 Å². The van der Waals surface area contributed by atoms with Crippen molar-refractivity contribution in [2.45, 2.75) is 38.8 Å². The van der Waals surface area contributed by atoms with Crippen molar-refractivity contribution in [3.05, 3.63) is 95.8 Å². The van der Waals surface area contributed by atoms with Gasteiger partial charge in [0.05, 0.1) is 22.7 Å². The highest BCUT2D eigenvalue weighted by molar-refractivity contribution is 8.15. The molecule has 4 aromatic rings. The summed E-state index contributed by atoms with van der Waals surface area (Å²) >= 11 is 1.27. The number of nitrogens with zero attached hydrogens (tertiary/aromatic N) is 5. The van der Waals surface area contributed by atoms with Gasteiger partial charge in [0.1, 0.15) is 6.33 Å². The average molecular weight is 578 g/mol. The number of aliphatic imine (C=N–C) groups is 1. The second-order valence-corrected chi connectivity index (χ2v) is 10.7. The van der Waals surface area contributed by atoms with Crippen LogP contribution >= 0.6 is 11.8 Å². The highest BCUT2D eigenvalue weighted by Gasteiger charge is 2.32. The number of thioether (sulfide) groups is 1. The van der Waals surface area contributed by atoms with E-state index in [2.05, 4.69) is 28.9 Å². The number of aryl methyl sites for hydroxylation is 1. The van der Waals surface area contributed by atoms with Crippen LogP contribution in [-0.4, -0.2) is 37.5 Å². The van der Waals surface area contributed by atoms with Crippen molar-refractivity contribution < 1.29 is 22.8 Å². The monoisotopic (exact) mass is 577 g/mol. The molecule has 1 saturated heterocycles. The average Bonchev–Trinajstić information content (AvgIpc) is 3.59. The van der Waals surface area contributed by atoms with Crippen molar-refractivity contribution in [2.75, 3.05) is 10.7 Å². The van der Waals surface area contributed by atoms with Crippen LogP contribution < -0.4 is 4.90 Å². The van der Waals surface area contributed by atoms with Gasteiger partial charge in [0.25, 0.3) is 0 Å².